The lowest BCUT2D eigenvalue weighted by Crippen LogP contribution is -2.19. The highest BCUT2D eigenvalue weighted by Crippen LogP contribution is 2.32. The minimum absolute atomic E-state index is 0.0643. The molecule has 0 nitrogen and oxygen atoms in total. The Hall–Kier alpha value is -1.86. The molecule has 0 aliphatic carbocycles. The van der Waals surface area contributed by atoms with E-state index in [0.29, 0.717) is 0 Å². The molecule has 1 aromatic heterocycles. The molecule has 0 spiro atoms. The van der Waals surface area contributed by atoms with E-state index in [-0.39, 0.29) is 10.5 Å². The van der Waals surface area contributed by atoms with Crippen molar-refractivity contribution in [2.75, 3.05) is 0 Å². The fraction of sp³-hybridized carbons (Fsp3) is 0.158. The summed E-state index contributed by atoms with van der Waals surface area (Å²) in [7, 11) is -0.0643. The van der Waals surface area contributed by atoms with Crippen molar-refractivity contribution in [1.82, 2.24) is 0 Å². The van der Waals surface area contributed by atoms with E-state index in [2.05, 4.69) is 69.5 Å². The van der Waals surface area contributed by atoms with Crippen LogP contribution in [0.25, 0.3) is 23.6 Å². The maximum atomic E-state index is 4.26. The number of hydrogen-bond acceptors (Lipinski definition) is 0. The molecule has 0 saturated carbocycles. The molecule has 1 unspecified atom stereocenters. The van der Waals surface area contributed by atoms with Crippen molar-refractivity contribution >= 4 is 29.2 Å². The van der Waals surface area contributed by atoms with Crippen molar-refractivity contribution in [2.45, 2.75) is 20.8 Å². The second kappa shape index (κ2) is 6.06. The highest BCUT2D eigenvalue weighted by atomic mass is 32.2. The molecule has 0 aliphatic rings. The van der Waals surface area contributed by atoms with Crippen LogP contribution in [0.2, 0.25) is 0 Å². The first kappa shape index (κ1) is 14.5. The van der Waals surface area contributed by atoms with Crippen LogP contribution >= 0.6 is 10.5 Å². The van der Waals surface area contributed by atoms with Crippen LogP contribution < -0.4 is 9.75 Å². The van der Waals surface area contributed by atoms with Gasteiger partial charge in [0.25, 0.3) is 0 Å². The lowest BCUT2D eigenvalue weighted by atomic mass is 10.2. The summed E-state index contributed by atoms with van der Waals surface area (Å²) in [6.45, 7) is 14.6. The maximum absolute atomic E-state index is 4.26. The largest absolute Gasteiger partial charge is 0.186 e. The minimum atomic E-state index is -0.0643. The van der Waals surface area contributed by atoms with E-state index in [9.17, 15) is 0 Å². The van der Waals surface area contributed by atoms with Gasteiger partial charge < -0.3 is 0 Å². The molecule has 2 aromatic rings. The van der Waals surface area contributed by atoms with Crippen molar-refractivity contribution < 1.29 is 0 Å². The third-order valence-corrected chi connectivity index (χ3v) is 5.92. The SMILES string of the molecule is C=Cc1c(C)c(=C)/c(=C\C=C/C)[s+]1-c1ccc(C)cc1. The topological polar surface area (TPSA) is 0 Å². The molecular formula is C19H21S+. The first-order chi connectivity index (χ1) is 9.60. The van der Waals surface area contributed by atoms with Gasteiger partial charge in [0.2, 0.25) is 0 Å². The van der Waals surface area contributed by atoms with E-state index >= 15 is 0 Å². The van der Waals surface area contributed by atoms with Crippen molar-refractivity contribution in [1.29, 1.82) is 0 Å². The molecule has 0 aliphatic heterocycles. The Morgan fingerprint density at radius 1 is 1.10 bits per heavy atom. The minimum Gasteiger partial charge on any atom is -0.0936 e. The first-order valence-electron chi connectivity index (χ1n) is 6.77. The summed E-state index contributed by atoms with van der Waals surface area (Å²) in [4.78, 5) is 2.63. The van der Waals surface area contributed by atoms with Gasteiger partial charge in [-0.3, -0.25) is 0 Å². The standard InChI is InChI=1S/C19H21S/c1-6-8-9-19-16(5)15(4)18(7-2)20(19)17-12-10-14(3)11-13-17/h6-13H,2,5H2,1,3-4H3/q+1/b8-6-,19-9+. The predicted octanol–water partition coefficient (Wildman–Crippen LogP) is 4.45. The average molecular weight is 281 g/mol. The molecule has 2 rings (SSSR count). The van der Waals surface area contributed by atoms with Crippen LogP contribution in [-0.4, -0.2) is 0 Å². The second-order valence-corrected chi connectivity index (χ2v) is 6.81. The lowest BCUT2D eigenvalue weighted by molar-refractivity contribution is 1.46. The van der Waals surface area contributed by atoms with Gasteiger partial charge in [0.1, 0.15) is 0 Å². The van der Waals surface area contributed by atoms with E-state index in [1.165, 1.54) is 25.4 Å². The van der Waals surface area contributed by atoms with E-state index in [1.54, 1.807) is 0 Å². The van der Waals surface area contributed by atoms with E-state index < -0.39 is 0 Å². The summed E-state index contributed by atoms with van der Waals surface area (Å²) >= 11 is 0. The maximum Gasteiger partial charge on any atom is 0.186 e. The molecule has 1 aromatic carbocycles. The van der Waals surface area contributed by atoms with Gasteiger partial charge in [-0.2, -0.15) is 0 Å². The highest BCUT2D eigenvalue weighted by Gasteiger charge is 2.21. The second-order valence-electron chi connectivity index (χ2n) is 4.85. The molecule has 0 radical (unpaired) electrons. The summed E-state index contributed by atoms with van der Waals surface area (Å²) in [5, 5.41) is 1.14. The van der Waals surface area contributed by atoms with Crippen LogP contribution in [0.4, 0.5) is 0 Å². The van der Waals surface area contributed by atoms with Crippen LogP contribution in [0.5, 0.6) is 0 Å². The summed E-state index contributed by atoms with van der Waals surface area (Å²) in [6, 6.07) is 8.79. The molecule has 1 heterocycles. The summed E-state index contributed by atoms with van der Waals surface area (Å²) in [5.74, 6) is 0. The number of benzene rings is 1. The quantitative estimate of drug-likeness (QED) is 0.729. The van der Waals surface area contributed by atoms with Crippen LogP contribution in [0.15, 0.2) is 43.0 Å². The summed E-state index contributed by atoms with van der Waals surface area (Å²) < 4.78 is 1.30. The van der Waals surface area contributed by atoms with Crippen molar-refractivity contribution in [3.05, 3.63) is 68.8 Å². The molecule has 0 bridgehead atoms. The number of hydrogen-bond donors (Lipinski definition) is 0. The predicted molar refractivity (Wildman–Crippen MR) is 93.9 cm³/mol. The lowest BCUT2D eigenvalue weighted by Gasteiger charge is -1.94. The molecule has 1 atom stereocenters. The zero-order valence-corrected chi connectivity index (χ0v) is 13.3. The molecule has 0 N–H and O–H groups in total. The van der Waals surface area contributed by atoms with Gasteiger partial charge in [-0.1, -0.05) is 43.0 Å². The zero-order chi connectivity index (χ0) is 14.7. The Bertz CT molecular complexity index is 756. The molecule has 1 heteroatoms. The van der Waals surface area contributed by atoms with Gasteiger partial charge in [-0.05, 0) is 45.1 Å². The number of rotatable bonds is 3. The summed E-state index contributed by atoms with van der Waals surface area (Å²) in [5.41, 5.74) is 2.55. The normalized spacial score (nSPS) is 13.2. The van der Waals surface area contributed by atoms with E-state index in [4.69, 9.17) is 0 Å². The van der Waals surface area contributed by atoms with Crippen molar-refractivity contribution in [3.63, 3.8) is 0 Å². The summed E-state index contributed by atoms with van der Waals surface area (Å²) in [6.07, 6.45) is 8.32. The Morgan fingerprint density at radius 3 is 2.30 bits per heavy atom. The highest BCUT2D eigenvalue weighted by molar-refractivity contribution is 7.39. The van der Waals surface area contributed by atoms with Gasteiger partial charge in [0.15, 0.2) is 14.3 Å². The fourth-order valence-corrected chi connectivity index (χ4v) is 4.61. The van der Waals surface area contributed by atoms with Crippen LogP contribution in [0.1, 0.15) is 22.9 Å². The zero-order valence-electron chi connectivity index (χ0n) is 12.4. The van der Waals surface area contributed by atoms with Gasteiger partial charge in [-0.25, -0.2) is 0 Å². The Kier molecular flexibility index (Phi) is 4.41. The van der Waals surface area contributed by atoms with Crippen molar-refractivity contribution in [3.8, 4) is 4.90 Å². The average Bonchev–Trinajstić information content (AvgIpc) is 2.69. The van der Waals surface area contributed by atoms with Crippen LogP contribution in [0.3, 0.4) is 0 Å². The van der Waals surface area contributed by atoms with Crippen molar-refractivity contribution in [2.24, 2.45) is 0 Å². The molecule has 0 amide bonds. The molecule has 20 heavy (non-hydrogen) atoms. The number of thiophene rings is 1. The molecule has 102 valence electrons. The monoisotopic (exact) mass is 281 g/mol. The molecule has 0 saturated heterocycles. The number of allylic oxidation sites excluding steroid dienone is 2. The van der Waals surface area contributed by atoms with Crippen LogP contribution in [0, 0.1) is 13.8 Å². The third kappa shape index (κ3) is 2.54. The third-order valence-electron chi connectivity index (χ3n) is 3.44. The number of aryl methyl sites for hydroxylation is 1. The van der Waals surface area contributed by atoms with Gasteiger partial charge in [-0.15, -0.1) is 0 Å². The Labute approximate surface area is 124 Å². The molecular weight excluding hydrogens is 260 g/mol. The smallest absolute Gasteiger partial charge is 0.0936 e. The van der Waals surface area contributed by atoms with E-state index in [1.807, 2.05) is 13.0 Å². The molecule has 0 fully saturated rings. The van der Waals surface area contributed by atoms with Gasteiger partial charge >= 0.3 is 0 Å². The van der Waals surface area contributed by atoms with Gasteiger partial charge in [0.05, 0.1) is 0 Å². The first-order valence-corrected chi connectivity index (χ1v) is 7.99. The van der Waals surface area contributed by atoms with Gasteiger partial charge in [0, 0.05) is 21.3 Å². The fourth-order valence-electron chi connectivity index (χ4n) is 2.25. The van der Waals surface area contributed by atoms with Crippen LogP contribution in [-0.2, 0) is 0 Å². The Morgan fingerprint density at radius 2 is 1.75 bits per heavy atom. The van der Waals surface area contributed by atoms with E-state index in [0.717, 1.165) is 5.22 Å². The Balaban J connectivity index is 2.86.